The molecule has 0 amide bonds. The number of ketones is 1. The van der Waals surface area contributed by atoms with Gasteiger partial charge < -0.3 is 0 Å². The molecule has 1 radical (unpaired) electrons. The SMILES string of the molecule is O=C(c1c[c]ccc1)c1nc2ccccc2s1. The molecule has 0 unspecified atom stereocenters. The lowest BCUT2D eigenvalue weighted by molar-refractivity contribution is 0.103. The standard InChI is InChI=1S/C14H8NOS/c16-13(10-6-2-1-3-7-10)14-15-11-8-4-5-9-12(11)17-14/h1-2,4-9H. The Balaban J connectivity index is 2.07. The van der Waals surface area contributed by atoms with Gasteiger partial charge in [0.25, 0.3) is 0 Å². The van der Waals surface area contributed by atoms with E-state index >= 15 is 0 Å². The molecule has 81 valence electrons. The van der Waals surface area contributed by atoms with Gasteiger partial charge in [-0.25, -0.2) is 4.98 Å². The van der Waals surface area contributed by atoms with E-state index < -0.39 is 0 Å². The highest BCUT2D eigenvalue weighted by atomic mass is 32.1. The number of para-hydroxylation sites is 1. The Morgan fingerprint density at radius 1 is 1.18 bits per heavy atom. The maximum Gasteiger partial charge on any atom is 0.221 e. The van der Waals surface area contributed by atoms with Crippen molar-refractivity contribution in [3.63, 3.8) is 0 Å². The first-order valence-electron chi connectivity index (χ1n) is 5.21. The quantitative estimate of drug-likeness (QED) is 0.641. The molecule has 0 saturated carbocycles. The van der Waals surface area contributed by atoms with Gasteiger partial charge in [-0.3, -0.25) is 4.79 Å². The minimum Gasteiger partial charge on any atom is -0.286 e. The van der Waals surface area contributed by atoms with E-state index in [1.54, 1.807) is 24.3 Å². The molecule has 0 atom stereocenters. The molecule has 1 heterocycles. The highest BCUT2D eigenvalue weighted by Crippen LogP contribution is 2.23. The number of nitrogens with zero attached hydrogens (tertiary/aromatic N) is 1. The van der Waals surface area contributed by atoms with Gasteiger partial charge in [0.1, 0.15) is 0 Å². The van der Waals surface area contributed by atoms with Gasteiger partial charge in [-0.1, -0.05) is 30.3 Å². The average Bonchev–Trinajstić information content (AvgIpc) is 2.82. The first-order valence-corrected chi connectivity index (χ1v) is 6.02. The second-order valence-corrected chi connectivity index (χ2v) is 4.64. The highest BCUT2D eigenvalue weighted by molar-refractivity contribution is 7.20. The minimum atomic E-state index is -0.0388. The molecular formula is C14H8NOS. The van der Waals surface area contributed by atoms with Crippen LogP contribution in [0, 0.1) is 6.07 Å². The highest BCUT2D eigenvalue weighted by Gasteiger charge is 2.13. The summed E-state index contributed by atoms with van der Waals surface area (Å²) in [6.07, 6.45) is 0. The zero-order valence-corrected chi connectivity index (χ0v) is 9.70. The summed E-state index contributed by atoms with van der Waals surface area (Å²) in [4.78, 5) is 16.5. The molecule has 0 bridgehead atoms. The Morgan fingerprint density at radius 2 is 2.06 bits per heavy atom. The number of benzene rings is 2. The molecule has 1 aromatic heterocycles. The predicted molar refractivity (Wildman–Crippen MR) is 68.3 cm³/mol. The fourth-order valence-electron chi connectivity index (χ4n) is 1.63. The average molecular weight is 238 g/mol. The lowest BCUT2D eigenvalue weighted by Crippen LogP contribution is -1.99. The Kier molecular flexibility index (Phi) is 2.46. The van der Waals surface area contributed by atoms with Gasteiger partial charge >= 0.3 is 0 Å². The summed E-state index contributed by atoms with van der Waals surface area (Å²) >= 11 is 1.43. The smallest absolute Gasteiger partial charge is 0.221 e. The van der Waals surface area contributed by atoms with Crippen LogP contribution in [-0.4, -0.2) is 10.8 Å². The third kappa shape index (κ3) is 1.85. The molecule has 2 aromatic carbocycles. The largest absolute Gasteiger partial charge is 0.286 e. The van der Waals surface area contributed by atoms with E-state index in [0.29, 0.717) is 10.6 Å². The number of thiazole rings is 1. The fraction of sp³-hybridized carbons (Fsp3) is 0. The summed E-state index contributed by atoms with van der Waals surface area (Å²) in [6, 6.07) is 17.7. The van der Waals surface area contributed by atoms with Crippen LogP contribution in [-0.2, 0) is 0 Å². The summed E-state index contributed by atoms with van der Waals surface area (Å²) in [5, 5.41) is 0.533. The van der Waals surface area contributed by atoms with Crippen molar-refractivity contribution in [2.24, 2.45) is 0 Å². The van der Waals surface area contributed by atoms with E-state index in [0.717, 1.165) is 10.2 Å². The number of fused-ring (bicyclic) bond motifs is 1. The molecule has 0 saturated heterocycles. The lowest BCUT2D eigenvalue weighted by Gasteiger charge is -1.94. The van der Waals surface area contributed by atoms with E-state index in [-0.39, 0.29) is 5.78 Å². The molecule has 0 spiro atoms. The van der Waals surface area contributed by atoms with E-state index in [1.807, 2.05) is 24.3 Å². The minimum absolute atomic E-state index is 0.0388. The van der Waals surface area contributed by atoms with Gasteiger partial charge in [0.2, 0.25) is 5.78 Å². The topological polar surface area (TPSA) is 30.0 Å². The third-order valence-electron chi connectivity index (χ3n) is 2.46. The number of aromatic nitrogens is 1. The number of hydrogen-bond acceptors (Lipinski definition) is 3. The van der Waals surface area contributed by atoms with Crippen LogP contribution in [0.2, 0.25) is 0 Å². The van der Waals surface area contributed by atoms with Gasteiger partial charge in [0, 0.05) is 5.56 Å². The van der Waals surface area contributed by atoms with Crippen LogP contribution in [0.15, 0.2) is 48.5 Å². The van der Waals surface area contributed by atoms with E-state index in [2.05, 4.69) is 11.1 Å². The van der Waals surface area contributed by atoms with Crippen molar-refractivity contribution >= 4 is 27.3 Å². The van der Waals surface area contributed by atoms with E-state index in [1.165, 1.54) is 11.3 Å². The van der Waals surface area contributed by atoms with Gasteiger partial charge in [-0.05, 0) is 24.3 Å². The maximum absolute atomic E-state index is 12.1. The summed E-state index contributed by atoms with van der Waals surface area (Å²) in [7, 11) is 0. The van der Waals surface area contributed by atoms with Gasteiger partial charge in [-0.15, -0.1) is 11.3 Å². The Bertz CT molecular complexity index is 640. The number of hydrogen-bond donors (Lipinski definition) is 0. The summed E-state index contributed by atoms with van der Waals surface area (Å²) < 4.78 is 1.04. The number of carbonyl (C=O) groups excluding carboxylic acids is 1. The van der Waals surface area contributed by atoms with Crippen LogP contribution < -0.4 is 0 Å². The lowest BCUT2D eigenvalue weighted by atomic mass is 10.1. The Hall–Kier alpha value is -2.00. The van der Waals surface area contributed by atoms with Crippen molar-refractivity contribution in [1.82, 2.24) is 4.98 Å². The van der Waals surface area contributed by atoms with Crippen LogP contribution in [0.5, 0.6) is 0 Å². The number of carbonyl (C=O) groups is 1. The Labute approximate surface area is 103 Å². The fourth-order valence-corrected chi connectivity index (χ4v) is 2.56. The molecule has 0 aliphatic rings. The summed E-state index contributed by atoms with van der Waals surface area (Å²) in [6.45, 7) is 0. The van der Waals surface area contributed by atoms with Crippen molar-refractivity contribution in [2.75, 3.05) is 0 Å². The van der Waals surface area contributed by atoms with Crippen molar-refractivity contribution in [1.29, 1.82) is 0 Å². The summed E-state index contributed by atoms with van der Waals surface area (Å²) in [5.41, 5.74) is 1.51. The zero-order chi connectivity index (χ0) is 11.7. The van der Waals surface area contributed by atoms with Crippen LogP contribution in [0.25, 0.3) is 10.2 Å². The van der Waals surface area contributed by atoms with Gasteiger partial charge in [-0.2, -0.15) is 0 Å². The second-order valence-electron chi connectivity index (χ2n) is 3.61. The third-order valence-corrected chi connectivity index (χ3v) is 3.49. The second kappa shape index (κ2) is 4.11. The zero-order valence-electron chi connectivity index (χ0n) is 8.88. The van der Waals surface area contributed by atoms with Gasteiger partial charge in [0.05, 0.1) is 10.2 Å². The first kappa shape index (κ1) is 10.2. The molecule has 2 nitrogen and oxygen atoms in total. The van der Waals surface area contributed by atoms with Crippen molar-refractivity contribution in [2.45, 2.75) is 0 Å². The summed E-state index contributed by atoms with van der Waals surface area (Å²) in [5.74, 6) is -0.0388. The Morgan fingerprint density at radius 3 is 2.82 bits per heavy atom. The molecule has 0 aliphatic heterocycles. The first-order chi connectivity index (χ1) is 8.34. The molecule has 0 fully saturated rings. The van der Waals surface area contributed by atoms with Crippen LogP contribution >= 0.6 is 11.3 Å². The molecule has 3 heteroatoms. The molecular weight excluding hydrogens is 230 g/mol. The predicted octanol–water partition coefficient (Wildman–Crippen LogP) is 3.33. The van der Waals surface area contributed by atoms with Crippen LogP contribution in [0.3, 0.4) is 0 Å². The molecule has 17 heavy (non-hydrogen) atoms. The van der Waals surface area contributed by atoms with Crippen LogP contribution in [0.4, 0.5) is 0 Å². The van der Waals surface area contributed by atoms with E-state index in [4.69, 9.17) is 0 Å². The number of rotatable bonds is 2. The van der Waals surface area contributed by atoms with Crippen LogP contribution in [0.1, 0.15) is 15.4 Å². The van der Waals surface area contributed by atoms with Crippen molar-refractivity contribution < 1.29 is 4.79 Å². The molecule has 0 aliphatic carbocycles. The van der Waals surface area contributed by atoms with E-state index in [9.17, 15) is 4.79 Å². The molecule has 0 N–H and O–H groups in total. The normalized spacial score (nSPS) is 10.6. The molecule has 3 rings (SSSR count). The maximum atomic E-state index is 12.1. The van der Waals surface area contributed by atoms with Gasteiger partial charge in [0.15, 0.2) is 5.01 Å². The van der Waals surface area contributed by atoms with Crippen molar-refractivity contribution in [3.8, 4) is 0 Å². The molecule has 3 aromatic rings. The van der Waals surface area contributed by atoms with Crippen molar-refractivity contribution in [3.05, 3.63) is 65.2 Å². The monoisotopic (exact) mass is 238 g/mol.